The van der Waals surface area contributed by atoms with Gasteiger partial charge in [0.2, 0.25) is 0 Å². The van der Waals surface area contributed by atoms with Gasteiger partial charge in [-0.3, -0.25) is 4.68 Å². The minimum atomic E-state index is 0.994. The first-order valence-corrected chi connectivity index (χ1v) is 5.23. The number of aromatic nitrogens is 2. The summed E-state index contributed by atoms with van der Waals surface area (Å²) in [6.45, 7) is 2.08. The summed E-state index contributed by atoms with van der Waals surface area (Å²) < 4.78 is 2.81. The van der Waals surface area contributed by atoms with Gasteiger partial charge in [-0.15, -0.1) is 0 Å². The Morgan fingerprint density at radius 2 is 2.07 bits per heavy atom. The summed E-state index contributed by atoms with van der Waals surface area (Å²) in [5.41, 5.74) is 3.42. The Morgan fingerprint density at radius 3 is 2.64 bits per heavy atom. The summed E-state index contributed by atoms with van der Waals surface area (Å²) >= 11 is 3.43. The lowest BCUT2D eigenvalue weighted by Crippen LogP contribution is -1.90. The summed E-state index contributed by atoms with van der Waals surface area (Å²) in [4.78, 5) is 0. The van der Waals surface area contributed by atoms with Crippen LogP contribution >= 0.6 is 15.9 Å². The van der Waals surface area contributed by atoms with Crippen molar-refractivity contribution in [3.63, 3.8) is 0 Å². The highest BCUT2D eigenvalue weighted by Gasteiger charge is 2.04. The zero-order valence-electron chi connectivity index (χ0n) is 8.16. The Hall–Kier alpha value is -1.09. The van der Waals surface area contributed by atoms with Crippen LogP contribution in [-0.2, 0) is 7.05 Å². The molecule has 1 aromatic carbocycles. The van der Waals surface area contributed by atoms with Crippen molar-refractivity contribution in [1.82, 2.24) is 9.78 Å². The van der Waals surface area contributed by atoms with E-state index in [1.807, 2.05) is 23.9 Å². The van der Waals surface area contributed by atoms with Crippen molar-refractivity contribution < 1.29 is 0 Å². The number of rotatable bonds is 1. The van der Waals surface area contributed by atoms with Crippen molar-refractivity contribution in [3.05, 3.63) is 40.5 Å². The first-order valence-electron chi connectivity index (χ1n) is 4.43. The molecule has 0 bridgehead atoms. The van der Waals surface area contributed by atoms with E-state index in [0.29, 0.717) is 0 Å². The second-order valence-electron chi connectivity index (χ2n) is 3.35. The molecule has 0 aliphatic heterocycles. The predicted octanol–water partition coefficient (Wildman–Crippen LogP) is 3.16. The van der Waals surface area contributed by atoms with E-state index < -0.39 is 0 Å². The lowest BCUT2D eigenvalue weighted by molar-refractivity contribution is 0.752. The molecule has 2 nitrogen and oxygen atoms in total. The molecule has 0 aliphatic carbocycles. The number of nitrogens with zero attached hydrogens (tertiary/aromatic N) is 2. The smallest absolute Gasteiger partial charge is 0.104 e. The van der Waals surface area contributed by atoms with Crippen LogP contribution in [-0.4, -0.2) is 9.78 Å². The fourth-order valence-corrected chi connectivity index (χ4v) is 1.69. The summed E-state index contributed by atoms with van der Waals surface area (Å²) in [5, 5.41) is 4.39. The van der Waals surface area contributed by atoms with E-state index in [4.69, 9.17) is 0 Å². The van der Waals surface area contributed by atoms with E-state index in [1.165, 1.54) is 5.56 Å². The highest BCUT2D eigenvalue weighted by molar-refractivity contribution is 9.10. The van der Waals surface area contributed by atoms with Crippen LogP contribution in [0.2, 0.25) is 0 Å². The van der Waals surface area contributed by atoms with Crippen molar-refractivity contribution in [1.29, 1.82) is 0 Å². The molecule has 0 radical (unpaired) electrons. The molecule has 0 spiro atoms. The summed E-state index contributed by atoms with van der Waals surface area (Å²) in [7, 11) is 1.92. The fourth-order valence-electron chi connectivity index (χ4n) is 1.39. The molecule has 3 heteroatoms. The molecule has 72 valence electrons. The maximum absolute atomic E-state index is 4.39. The van der Waals surface area contributed by atoms with Gasteiger partial charge in [0.25, 0.3) is 0 Å². The molecular weight excluding hydrogens is 240 g/mol. The Bertz CT molecular complexity index is 441. The second kappa shape index (κ2) is 3.58. The maximum Gasteiger partial charge on any atom is 0.104 e. The number of benzene rings is 1. The minimum Gasteiger partial charge on any atom is -0.261 e. The molecule has 0 amide bonds. The molecule has 0 saturated carbocycles. The number of hydrogen-bond donors (Lipinski definition) is 0. The van der Waals surface area contributed by atoms with Gasteiger partial charge in [-0.05, 0) is 35.0 Å². The topological polar surface area (TPSA) is 17.8 Å². The normalized spacial score (nSPS) is 10.5. The Labute approximate surface area is 91.7 Å². The van der Waals surface area contributed by atoms with Gasteiger partial charge in [0.15, 0.2) is 0 Å². The predicted molar refractivity (Wildman–Crippen MR) is 61.1 cm³/mol. The van der Waals surface area contributed by atoms with Gasteiger partial charge < -0.3 is 0 Å². The lowest BCUT2D eigenvalue weighted by Gasteiger charge is -1.97. The van der Waals surface area contributed by atoms with E-state index >= 15 is 0 Å². The van der Waals surface area contributed by atoms with Crippen LogP contribution in [0, 0.1) is 6.92 Å². The standard InChI is InChI=1S/C11H11BrN2/c1-8-4-3-5-9(6-8)10-7-11(12)14(2)13-10/h3-7H,1-2H3. The summed E-state index contributed by atoms with van der Waals surface area (Å²) in [6, 6.07) is 10.4. The summed E-state index contributed by atoms with van der Waals surface area (Å²) in [5.74, 6) is 0. The van der Waals surface area contributed by atoms with Gasteiger partial charge in [-0.25, -0.2) is 0 Å². The van der Waals surface area contributed by atoms with E-state index in [1.54, 1.807) is 0 Å². The third kappa shape index (κ3) is 1.73. The molecule has 2 aromatic rings. The highest BCUT2D eigenvalue weighted by atomic mass is 79.9. The fraction of sp³-hybridized carbons (Fsp3) is 0.182. The van der Waals surface area contributed by atoms with Crippen molar-refractivity contribution in [2.75, 3.05) is 0 Å². The van der Waals surface area contributed by atoms with Crippen molar-refractivity contribution in [2.45, 2.75) is 6.92 Å². The molecule has 0 saturated heterocycles. The molecule has 1 aromatic heterocycles. The minimum absolute atomic E-state index is 0.994. The van der Waals surface area contributed by atoms with Crippen LogP contribution in [0.4, 0.5) is 0 Å². The van der Waals surface area contributed by atoms with Crippen molar-refractivity contribution in [3.8, 4) is 11.3 Å². The quantitative estimate of drug-likeness (QED) is 0.761. The van der Waals surface area contributed by atoms with Gasteiger partial charge in [-0.2, -0.15) is 5.10 Å². The van der Waals surface area contributed by atoms with Crippen molar-refractivity contribution >= 4 is 15.9 Å². The Kier molecular flexibility index (Phi) is 2.42. The molecule has 0 fully saturated rings. The van der Waals surface area contributed by atoms with Gasteiger partial charge in [0, 0.05) is 12.6 Å². The summed E-state index contributed by atoms with van der Waals surface area (Å²) in [6.07, 6.45) is 0. The number of hydrogen-bond acceptors (Lipinski definition) is 1. The van der Waals surface area contributed by atoms with Crippen LogP contribution in [0.1, 0.15) is 5.56 Å². The monoisotopic (exact) mass is 250 g/mol. The average molecular weight is 251 g/mol. The molecular formula is C11H11BrN2. The lowest BCUT2D eigenvalue weighted by atomic mass is 10.1. The van der Waals surface area contributed by atoms with Crippen molar-refractivity contribution in [2.24, 2.45) is 7.05 Å². The largest absolute Gasteiger partial charge is 0.261 e. The Balaban J connectivity index is 2.49. The number of aryl methyl sites for hydroxylation is 2. The van der Waals surface area contributed by atoms with Crippen LogP contribution in [0.25, 0.3) is 11.3 Å². The first-order chi connectivity index (χ1) is 6.66. The zero-order chi connectivity index (χ0) is 10.1. The van der Waals surface area contributed by atoms with Crippen LogP contribution in [0.3, 0.4) is 0 Å². The van der Waals surface area contributed by atoms with Crippen LogP contribution < -0.4 is 0 Å². The van der Waals surface area contributed by atoms with E-state index in [2.05, 4.69) is 46.2 Å². The van der Waals surface area contributed by atoms with Gasteiger partial charge >= 0.3 is 0 Å². The first kappa shape index (κ1) is 9.46. The molecule has 1 heterocycles. The molecule has 0 unspecified atom stereocenters. The number of halogens is 1. The zero-order valence-corrected chi connectivity index (χ0v) is 9.75. The average Bonchev–Trinajstić information content (AvgIpc) is 2.47. The third-order valence-electron chi connectivity index (χ3n) is 2.14. The maximum atomic E-state index is 4.39. The SMILES string of the molecule is Cc1cccc(-c2cc(Br)n(C)n2)c1. The van der Waals surface area contributed by atoms with Crippen LogP contribution in [0.5, 0.6) is 0 Å². The highest BCUT2D eigenvalue weighted by Crippen LogP contribution is 2.22. The Morgan fingerprint density at radius 1 is 1.29 bits per heavy atom. The molecule has 14 heavy (non-hydrogen) atoms. The van der Waals surface area contributed by atoms with Crippen LogP contribution in [0.15, 0.2) is 34.9 Å². The molecule has 0 aliphatic rings. The molecule has 2 rings (SSSR count). The van der Waals surface area contributed by atoms with E-state index in [9.17, 15) is 0 Å². The van der Waals surface area contributed by atoms with E-state index in [-0.39, 0.29) is 0 Å². The molecule has 0 atom stereocenters. The van der Waals surface area contributed by atoms with E-state index in [0.717, 1.165) is 15.9 Å². The second-order valence-corrected chi connectivity index (χ2v) is 4.16. The van der Waals surface area contributed by atoms with Gasteiger partial charge in [0.1, 0.15) is 4.60 Å². The van der Waals surface area contributed by atoms with Gasteiger partial charge in [-0.1, -0.05) is 23.8 Å². The molecule has 0 N–H and O–H groups in total. The van der Waals surface area contributed by atoms with Gasteiger partial charge in [0.05, 0.1) is 5.69 Å². The third-order valence-corrected chi connectivity index (χ3v) is 2.88.